The van der Waals surface area contributed by atoms with Crippen LogP contribution in [0.4, 0.5) is 13.6 Å². The molecule has 1 fully saturated rings. The Kier molecular flexibility index (Phi) is 22.2. The number of hydrogen-bond acceptors (Lipinski definition) is 12. The van der Waals surface area contributed by atoms with Gasteiger partial charge < -0.3 is 58.9 Å². The summed E-state index contributed by atoms with van der Waals surface area (Å²) in [7, 11) is 10.1. The predicted molar refractivity (Wildman–Crippen MR) is 284 cm³/mol. The molecule has 1 aliphatic rings. The van der Waals surface area contributed by atoms with Gasteiger partial charge in [0.15, 0.2) is 0 Å². The summed E-state index contributed by atoms with van der Waals surface area (Å²) in [6.07, 6.45) is 2.78. The first-order chi connectivity index (χ1) is 36.3. The van der Waals surface area contributed by atoms with Crippen molar-refractivity contribution in [1.29, 1.82) is 0 Å². The van der Waals surface area contributed by atoms with Crippen molar-refractivity contribution >= 4 is 47.3 Å². The Morgan fingerprint density at radius 2 is 1.55 bits per heavy atom. The van der Waals surface area contributed by atoms with E-state index < -0.39 is 97.5 Å². The molecule has 1 aromatic heterocycles. The van der Waals surface area contributed by atoms with E-state index in [1.165, 1.54) is 49.1 Å². The minimum atomic E-state index is -3.31. The van der Waals surface area contributed by atoms with Crippen molar-refractivity contribution < 1.29 is 61.6 Å². The molecule has 1 aliphatic carbocycles. The fraction of sp³-hybridized carbons (Fsp3) is 0.509. The first-order valence-electron chi connectivity index (χ1n) is 25.4. The number of alkyl carbamates (subject to hydrolysis) is 1. The zero-order valence-electron chi connectivity index (χ0n) is 45.5. The molecule has 0 saturated heterocycles. The number of benzene rings is 3. The van der Waals surface area contributed by atoms with E-state index in [1.54, 1.807) is 82.5 Å². The van der Waals surface area contributed by atoms with Crippen molar-refractivity contribution in [2.45, 2.75) is 135 Å². The molecule has 420 valence electrons. The molecule has 3 N–H and O–H groups in total. The molecule has 3 aromatic carbocycles. The van der Waals surface area contributed by atoms with E-state index in [0.29, 0.717) is 35.7 Å². The van der Waals surface area contributed by atoms with Gasteiger partial charge in [0.1, 0.15) is 40.8 Å². The number of halogens is 3. The Balaban J connectivity index is 1.46. The van der Waals surface area contributed by atoms with Gasteiger partial charge in [0, 0.05) is 57.7 Å². The fourth-order valence-corrected chi connectivity index (χ4v) is 9.27. The van der Waals surface area contributed by atoms with Crippen LogP contribution >= 0.6 is 11.6 Å². The summed E-state index contributed by atoms with van der Waals surface area (Å²) in [5.74, 6) is -3.14. The smallest absolute Gasteiger partial charge is 0.407 e. The Morgan fingerprint density at radius 1 is 0.896 bits per heavy atom. The van der Waals surface area contributed by atoms with Gasteiger partial charge in [-0.3, -0.25) is 24.0 Å². The molecule has 0 spiro atoms. The van der Waals surface area contributed by atoms with Crippen LogP contribution in [-0.4, -0.2) is 154 Å². The Labute approximate surface area is 454 Å². The van der Waals surface area contributed by atoms with Crippen molar-refractivity contribution in [2.75, 3.05) is 41.9 Å². The number of nitrogens with zero attached hydrogens (tertiary/aromatic N) is 6. The SMILES string of the molecule is COC[C@H](NC(=O)[C@H](C)N(Cc1c(Oc2ccc(-c3cnc(CN(C)C)n3C)cc2)cccc1OC(F)F)C(=O)CCC(=O)N(C)[C@H]1CCCC[C@@H]1NC(=O)OC(C)(C)C)C(=O)N(C)C(CC(=O)O)Cc1ccc(Cl)cc1. The van der Waals surface area contributed by atoms with E-state index in [-0.39, 0.29) is 36.5 Å². The maximum atomic E-state index is 14.7. The van der Waals surface area contributed by atoms with E-state index >= 15 is 0 Å². The van der Waals surface area contributed by atoms with Gasteiger partial charge in [0.25, 0.3) is 0 Å². The van der Waals surface area contributed by atoms with E-state index in [9.17, 15) is 42.7 Å². The number of nitrogens with one attached hydrogen (secondary N) is 2. The first kappa shape index (κ1) is 61.0. The number of methoxy groups -OCH3 is 1. The van der Waals surface area contributed by atoms with Crippen LogP contribution in [0.1, 0.15) is 89.6 Å². The van der Waals surface area contributed by atoms with Crippen molar-refractivity contribution in [3.63, 3.8) is 0 Å². The summed E-state index contributed by atoms with van der Waals surface area (Å²) < 4.78 is 52.6. The molecule has 77 heavy (non-hydrogen) atoms. The lowest BCUT2D eigenvalue weighted by Gasteiger charge is -2.38. The molecular formula is C55H73ClF2N8O11. The number of aromatic nitrogens is 2. The number of carbonyl (C=O) groups is 6. The van der Waals surface area contributed by atoms with Gasteiger partial charge in [0.2, 0.25) is 23.6 Å². The quantitative estimate of drug-likeness (QED) is 0.0582. The second-order valence-electron chi connectivity index (χ2n) is 20.4. The monoisotopic (exact) mass is 1090 g/mol. The molecule has 5 amide bonds. The maximum Gasteiger partial charge on any atom is 0.407 e. The second-order valence-corrected chi connectivity index (χ2v) is 20.9. The average molecular weight is 1100 g/mol. The summed E-state index contributed by atoms with van der Waals surface area (Å²) in [5, 5.41) is 15.9. The molecule has 5 rings (SSSR count). The average Bonchev–Trinajstić information content (AvgIpc) is 3.72. The minimum Gasteiger partial charge on any atom is -0.481 e. The molecule has 1 unspecified atom stereocenters. The Hall–Kier alpha value is -6.84. The number of carboxylic acids is 1. The predicted octanol–water partition coefficient (Wildman–Crippen LogP) is 7.66. The van der Waals surface area contributed by atoms with Gasteiger partial charge >= 0.3 is 18.7 Å². The summed E-state index contributed by atoms with van der Waals surface area (Å²) in [4.78, 5) is 92.8. The topological polar surface area (TPSA) is 214 Å². The van der Waals surface area contributed by atoms with Gasteiger partial charge in [-0.15, -0.1) is 0 Å². The van der Waals surface area contributed by atoms with Gasteiger partial charge in [0.05, 0.1) is 55.7 Å². The zero-order valence-corrected chi connectivity index (χ0v) is 46.3. The van der Waals surface area contributed by atoms with Crippen LogP contribution in [0.5, 0.6) is 17.2 Å². The highest BCUT2D eigenvalue weighted by Crippen LogP contribution is 2.36. The molecule has 0 bridgehead atoms. The third-order valence-electron chi connectivity index (χ3n) is 13.2. The molecular weight excluding hydrogens is 1020 g/mol. The molecule has 22 heteroatoms. The number of rotatable bonds is 25. The molecule has 19 nitrogen and oxygen atoms in total. The number of ether oxygens (including phenoxy) is 4. The number of imidazole rings is 1. The van der Waals surface area contributed by atoms with Gasteiger partial charge in [-0.1, -0.05) is 42.6 Å². The zero-order chi connectivity index (χ0) is 56.7. The van der Waals surface area contributed by atoms with Crippen LogP contribution in [-0.2, 0) is 60.0 Å². The largest absolute Gasteiger partial charge is 0.481 e. The lowest BCUT2D eigenvalue weighted by molar-refractivity contribution is -0.145. The molecule has 5 atom stereocenters. The normalized spacial score (nSPS) is 15.7. The fourth-order valence-electron chi connectivity index (χ4n) is 9.14. The van der Waals surface area contributed by atoms with Crippen molar-refractivity contribution in [3.8, 4) is 28.5 Å². The van der Waals surface area contributed by atoms with Gasteiger partial charge in [-0.2, -0.15) is 8.78 Å². The lowest BCUT2D eigenvalue weighted by atomic mass is 9.89. The number of likely N-dealkylation sites (N-methyl/N-ethyl adjacent to an activating group) is 2. The van der Waals surface area contributed by atoms with E-state index in [1.807, 2.05) is 30.6 Å². The highest BCUT2D eigenvalue weighted by Gasteiger charge is 2.37. The van der Waals surface area contributed by atoms with Crippen LogP contribution in [0.2, 0.25) is 5.02 Å². The Bertz CT molecular complexity index is 2650. The van der Waals surface area contributed by atoms with Crippen LogP contribution < -0.4 is 20.1 Å². The summed E-state index contributed by atoms with van der Waals surface area (Å²) >= 11 is 6.08. The highest BCUT2D eigenvalue weighted by molar-refractivity contribution is 6.30. The number of amides is 5. The van der Waals surface area contributed by atoms with E-state index in [2.05, 4.69) is 15.6 Å². The molecule has 0 aliphatic heterocycles. The third kappa shape index (κ3) is 17.9. The Morgan fingerprint density at radius 3 is 2.17 bits per heavy atom. The van der Waals surface area contributed by atoms with Crippen molar-refractivity contribution in [2.24, 2.45) is 7.05 Å². The summed E-state index contributed by atoms with van der Waals surface area (Å²) in [5.41, 5.74) is 1.56. The van der Waals surface area contributed by atoms with E-state index in [0.717, 1.165) is 34.8 Å². The first-order valence-corrected chi connectivity index (χ1v) is 25.8. The van der Waals surface area contributed by atoms with Crippen LogP contribution in [0.15, 0.2) is 72.9 Å². The standard InChI is InChI=1S/C55H73ClF2N8O11/c1-34(51(71)60-42(33-74-10)52(72)63(7)38(29-50(69)70)28-35-18-22-37(56)23-19-35)66(49(68)27-26-48(67)65(9)43-15-12-11-14-41(43)61-54(73)77-55(2,3)4)31-40-45(16-13-17-46(40)76-53(57)58)75-39-24-20-36(21-25-39)44-30-59-47(64(44)8)32-62(5)6/h13,16-25,30,34,38,41-43,53H,11-12,14-15,26-29,31-33H2,1-10H3,(H,60,71)(H,61,73)(H,69,70)/t34-,38?,41-,42-,43-/m0/s1. The summed E-state index contributed by atoms with van der Waals surface area (Å²) in [6.45, 7) is 2.99. The van der Waals surface area contributed by atoms with Crippen molar-refractivity contribution in [3.05, 3.63) is 94.9 Å². The van der Waals surface area contributed by atoms with E-state index in [4.69, 9.17) is 30.5 Å². The van der Waals surface area contributed by atoms with Gasteiger partial charge in [-0.25, -0.2) is 9.78 Å². The highest BCUT2D eigenvalue weighted by atomic mass is 35.5. The van der Waals surface area contributed by atoms with Gasteiger partial charge in [-0.05, 0) is 115 Å². The number of alkyl halides is 2. The van der Waals surface area contributed by atoms with Crippen molar-refractivity contribution in [1.82, 2.24) is 39.8 Å². The van der Waals surface area contributed by atoms with Crippen LogP contribution in [0, 0.1) is 0 Å². The molecule has 1 heterocycles. The molecule has 0 radical (unpaired) electrons. The van der Waals surface area contributed by atoms with Crippen LogP contribution in [0.25, 0.3) is 11.3 Å². The maximum absolute atomic E-state index is 14.7. The third-order valence-corrected chi connectivity index (χ3v) is 13.5. The molecule has 1 saturated carbocycles. The van der Waals surface area contributed by atoms with Crippen LogP contribution in [0.3, 0.4) is 0 Å². The number of carbonyl (C=O) groups excluding carboxylic acids is 5. The minimum absolute atomic E-state index is 0.00553. The number of aliphatic carboxylic acids is 1. The lowest BCUT2D eigenvalue weighted by Crippen LogP contribution is -2.57. The number of hydrogen-bond donors (Lipinski definition) is 3. The molecule has 4 aromatic rings. The second kappa shape index (κ2) is 28.0. The number of carboxylic acid groups (broad SMARTS) is 1. The summed E-state index contributed by atoms with van der Waals surface area (Å²) in [6, 6.07) is 13.3.